The molecule has 5 nitrogen and oxygen atoms in total. The molecule has 2 unspecified atom stereocenters. The molecule has 5 heteroatoms. The van der Waals surface area contributed by atoms with E-state index in [2.05, 4.69) is 0 Å². The standard InChI is InChI=1S/C19H20O5/c1-22-17-11-13(6-7-15(17)21)18-19(23-2)14-10-12(4-3-9-20)5-8-16(14)24-18/h3-8,10-11,18-21H,9H2,1-2H3. The van der Waals surface area contributed by atoms with Gasteiger partial charge in [0.2, 0.25) is 0 Å². The number of benzene rings is 2. The molecule has 1 aliphatic rings. The average molecular weight is 328 g/mol. The van der Waals surface area contributed by atoms with Gasteiger partial charge in [-0.15, -0.1) is 0 Å². The molecule has 24 heavy (non-hydrogen) atoms. The average Bonchev–Trinajstić information content (AvgIpc) is 2.98. The van der Waals surface area contributed by atoms with Crippen molar-refractivity contribution in [1.82, 2.24) is 0 Å². The van der Waals surface area contributed by atoms with Gasteiger partial charge in [0.15, 0.2) is 17.6 Å². The van der Waals surface area contributed by atoms with Crippen LogP contribution >= 0.6 is 0 Å². The number of ether oxygens (including phenoxy) is 3. The van der Waals surface area contributed by atoms with Crippen molar-refractivity contribution in [1.29, 1.82) is 0 Å². The minimum absolute atomic E-state index is 0.00276. The molecule has 0 spiro atoms. The molecule has 0 aliphatic carbocycles. The Kier molecular flexibility index (Phi) is 4.74. The number of aliphatic hydroxyl groups is 1. The van der Waals surface area contributed by atoms with E-state index in [9.17, 15) is 5.11 Å². The van der Waals surface area contributed by atoms with Gasteiger partial charge in [0, 0.05) is 12.7 Å². The van der Waals surface area contributed by atoms with Crippen LogP contribution in [0.5, 0.6) is 17.2 Å². The molecule has 0 saturated carbocycles. The maximum Gasteiger partial charge on any atom is 0.160 e. The predicted octanol–water partition coefficient (Wildman–Crippen LogP) is 3.23. The van der Waals surface area contributed by atoms with Gasteiger partial charge in [-0.3, -0.25) is 0 Å². The van der Waals surface area contributed by atoms with Crippen molar-refractivity contribution in [2.45, 2.75) is 12.2 Å². The topological polar surface area (TPSA) is 68.2 Å². The van der Waals surface area contributed by atoms with Crippen LogP contribution in [0.3, 0.4) is 0 Å². The van der Waals surface area contributed by atoms with Gasteiger partial charge in [-0.2, -0.15) is 0 Å². The zero-order valence-corrected chi connectivity index (χ0v) is 13.6. The molecule has 2 N–H and O–H groups in total. The molecule has 0 saturated heterocycles. The zero-order chi connectivity index (χ0) is 17.1. The first kappa shape index (κ1) is 16.4. The van der Waals surface area contributed by atoms with E-state index in [0.29, 0.717) is 5.75 Å². The number of rotatable bonds is 5. The monoisotopic (exact) mass is 328 g/mol. The quantitative estimate of drug-likeness (QED) is 0.882. The zero-order valence-electron chi connectivity index (χ0n) is 13.6. The first-order valence-corrected chi connectivity index (χ1v) is 7.65. The Morgan fingerprint density at radius 1 is 1.17 bits per heavy atom. The molecule has 0 radical (unpaired) electrons. The Labute approximate surface area is 140 Å². The van der Waals surface area contributed by atoms with Crippen molar-refractivity contribution in [3.63, 3.8) is 0 Å². The number of phenolic OH excluding ortho intramolecular Hbond substituents is 1. The number of hydrogen-bond acceptors (Lipinski definition) is 5. The molecule has 2 aromatic carbocycles. The molecular formula is C19H20O5. The number of fused-ring (bicyclic) bond motifs is 1. The van der Waals surface area contributed by atoms with Crippen LogP contribution in [0, 0.1) is 0 Å². The molecular weight excluding hydrogens is 308 g/mol. The Hall–Kier alpha value is -2.50. The first-order valence-electron chi connectivity index (χ1n) is 7.65. The van der Waals surface area contributed by atoms with E-state index in [1.54, 1.807) is 31.4 Å². The lowest BCUT2D eigenvalue weighted by molar-refractivity contribution is 0.0263. The third-order valence-corrected chi connectivity index (χ3v) is 4.07. The Balaban J connectivity index is 1.95. The van der Waals surface area contributed by atoms with Gasteiger partial charge < -0.3 is 24.4 Å². The number of phenols is 1. The SMILES string of the molecule is COc1cc(C2Oc3ccc(C=CCO)cc3C2OC)ccc1O. The summed E-state index contributed by atoms with van der Waals surface area (Å²) in [5, 5.41) is 18.7. The number of aliphatic hydroxyl groups excluding tert-OH is 1. The lowest BCUT2D eigenvalue weighted by atomic mass is 9.98. The minimum Gasteiger partial charge on any atom is -0.504 e. The lowest BCUT2D eigenvalue weighted by Gasteiger charge is -2.19. The predicted molar refractivity (Wildman–Crippen MR) is 90.3 cm³/mol. The summed E-state index contributed by atoms with van der Waals surface area (Å²) in [5.74, 6) is 1.25. The molecule has 126 valence electrons. The van der Waals surface area contributed by atoms with Gasteiger partial charge in [-0.05, 0) is 35.4 Å². The van der Waals surface area contributed by atoms with E-state index in [4.69, 9.17) is 19.3 Å². The second kappa shape index (κ2) is 6.95. The second-order valence-corrected chi connectivity index (χ2v) is 5.51. The van der Waals surface area contributed by atoms with Crippen molar-refractivity contribution in [3.05, 3.63) is 59.2 Å². The van der Waals surface area contributed by atoms with Crippen LogP contribution in [0.25, 0.3) is 6.08 Å². The van der Waals surface area contributed by atoms with Crippen molar-refractivity contribution < 1.29 is 24.4 Å². The van der Waals surface area contributed by atoms with Crippen LogP contribution in [0.15, 0.2) is 42.5 Å². The largest absolute Gasteiger partial charge is 0.504 e. The fraction of sp³-hybridized carbons (Fsp3) is 0.263. The Morgan fingerprint density at radius 3 is 2.71 bits per heavy atom. The molecule has 2 aromatic rings. The molecule has 1 aliphatic heterocycles. The molecule has 0 fully saturated rings. The summed E-state index contributed by atoms with van der Waals surface area (Å²) in [5.41, 5.74) is 2.78. The summed E-state index contributed by atoms with van der Waals surface area (Å²) in [4.78, 5) is 0. The van der Waals surface area contributed by atoms with Crippen molar-refractivity contribution in [2.24, 2.45) is 0 Å². The van der Waals surface area contributed by atoms with Gasteiger partial charge in [-0.25, -0.2) is 0 Å². The van der Waals surface area contributed by atoms with E-state index in [1.807, 2.05) is 24.3 Å². The highest BCUT2D eigenvalue weighted by Crippen LogP contribution is 2.47. The highest BCUT2D eigenvalue weighted by Gasteiger charge is 2.36. The Bertz CT molecular complexity index is 753. The van der Waals surface area contributed by atoms with Crippen LogP contribution in [0.4, 0.5) is 0 Å². The van der Waals surface area contributed by atoms with Crippen LogP contribution in [-0.2, 0) is 4.74 Å². The summed E-state index contributed by atoms with van der Waals surface area (Å²) < 4.78 is 16.9. The number of aromatic hydroxyl groups is 1. The van der Waals surface area contributed by atoms with Crippen molar-refractivity contribution in [2.75, 3.05) is 20.8 Å². The highest BCUT2D eigenvalue weighted by atomic mass is 16.5. The minimum atomic E-state index is -0.323. The van der Waals surface area contributed by atoms with E-state index in [-0.39, 0.29) is 24.6 Å². The summed E-state index contributed by atoms with van der Waals surface area (Å²) >= 11 is 0. The van der Waals surface area contributed by atoms with Crippen LogP contribution in [-0.4, -0.2) is 31.0 Å². The Morgan fingerprint density at radius 2 is 2.00 bits per heavy atom. The molecule has 0 bridgehead atoms. The van der Waals surface area contributed by atoms with Crippen molar-refractivity contribution >= 4 is 6.08 Å². The molecule has 0 amide bonds. The molecule has 3 rings (SSSR count). The summed E-state index contributed by atoms with van der Waals surface area (Å²) in [6, 6.07) is 11.0. The lowest BCUT2D eigenvalue weighted by Crippen LogP contribution is -2.11. The van der Waals surface area contributed by atoms with E-state index < -0.39 is 0 Å². The summed E-state index contributed by atoms with van der Waals surface area (Å²) in [6.45, 7) is -0.00276. The maximum absolute atomic E-state index is 9.77. The van der Waals surface area contributed by atoms with E-state index in [0.717, 1.165) is 22.4 Å². The summed E-state index contributed by atoms with van der Waals surface area (Å²) in [6.07, 6.45) is 2.94. The van der Waals surface area contributed by atoms with Crippen LogP contribution in [0.1, 0.15) is 28.9 Å². The van der Waals surface area contributed by atoms with E-state index >= 15 is 0 Å². The molecule has 2 atom stereocenters. The van der Waals surface area contributed by atoms with Gasteiger partial charge in [0.1, 0.15) is 11.9 Å². The fourth-order valence-electron chi connectivity index (χ4n) is 2.92. The fourth-order valence-corrected chi connectivity index (χ4v) is 2.92. The maximum atomic E-state index is 9.77. The number of methoxy groups -OCH3 is 2. The van der Waals surface area contributed by atoms with Crippen molar-refractivity contribution in [3.8, 4) is 17.2 Å². The third kappa shape index (κ3) is 2.96. The second-order valence-electron chi connectivity index (χ2n) is 5.51. The summed E-state index contributed by atoms with van der Waals surface area (Å²) in [7, 11) is 3.15. The van der Waals surface area contributed by atoms with Crippen LogP contribution in [0.2, 0.25) is 0 Å². The van der Waals surface area contributed by atoms with Gasteiger partial charge in [0.05, 0.1) is 13.7 Å². The van der Waals surface area contributed by atoms with Crippen LogP contribution < -0.4 is 9.47 Å². The molecule has 0 aromatic heterocycles. The third-order valence-electron chi connectivity index (χ3n) is 4.07. The normalized spacial score (nSPS) is 19.3. The van der Waals surface area contributed by atoms with Gasteiger partial charge >= 0.3 is 0 Å². The number of hydrogen-bond donors (Lipinski definition) is 2. The smallest absolute Gasteiger partial charge is 0.160 e. The molecule has 1 heterocycles. The van der Waals surface area contributed by atoms with Gasteiger partial charge in [0.25, 0.3) is 0 Å². The van der Waals surface area contributed by atoms with Gasteiger partial charge in [-0.1, -0.05) is 24.3 Å². The van der Waals surface area contributed by atoms with E-state index in [1.165, 1.54) is 7.11 Å². The first-order chi connectivity index (χ1) is 11.7. The highest BCUT2D eigenvalue weighted by molar-refractivity contribution is 5.56.